The molecule has 2 N–H and O–H groups in total. The highest BCUT2D eigenvalue weighted by Crippen LogP contribution is 2.16. The fraction of sp³-hybridized carbons (Fsp3) is 0.364. The maximum Gasteiger partial charge on any atom is 0.238 e. The molecule has 154 valence electrons. The Morgan fingerprint density at radius 3 is 2.14 bits per heavy atom. The third-order valence-electron chi connectivity index (χ3n) is 4.97. The molecule has 0 aromatic heterocycles. The molecule has 0 saturated carbocycles. The Labute approximate surface area is 170 Å². The first-order valence-corrected chi connectivity index (χ1v) is 9.76. The molecular formula is C22H27FN4O2. The van der Waals surface area contributed by atoms with Gasteiger partial charge in [0.1, 0.15) is 5.82 Å². The van der Waals surface area contributed by atoms with Gasteiger partial charge in [0.05, 0.1) is 13.1 Å². The Bertz CT molecular complexity index is 879. The van der Waals surface area contributed by atoms with Gasteiger partial charge in [-0.3, -0.25) is 19.4 Å². The fourth-order valence-electron chi connectivity index (χ4n) is 3.34. The highest BCUT2D eigenvalue weighted by atomic mass is 19.1. The number of nitrogens with zero attached hydrogens (tertiary/aromatic N) is 2. The monoisotopic (exact) mass is 398 g/mol. The van der Waals surface area contributed by atoms with Crippen molar-refractivity contribution < 1.29 is 14.0 Å². The predicted molar refractivity (Wildman–Crippen MR) is 112 cm³/mol. The number of carbonyl (C=O) groups excluding carboxylic acids is 2. The third kappa shape index (κ3) is 6.37. The van der Waals surface area contributed by atoms with Crippen molar-refractivity contribution in [2.45, 2.75) is 13.8 Å². The van der Waals surface area contributed by atoms with E-state index in [1.165, 1.54) is 12.1 Å². The molecule has 2 aromatic carbocycles. The van der Waals surface area contributed by atoms with E-state index in [0.717, 1.165) is 16.8 Å². The molecule has 0 aliphatic carbocycles. The van der Waals surface area contributed by atoms with Crippen LogP contribution in [-0.4, -0.2) is 60.9 Å². The van der Waals surface area contributed by atoms with Gasteiger partial charge in [-0.25, -0.2) is 4.39 Å². The van der Waals surface area contributed by atoms with Crippen LogP contribution in [0.5, 0.6) is 0 Å². The molecule has 1 heterocycles. The van der Waals surface area contributed by atoms with E-state index >= 15 is 0 Å². The topological polar surface area (TPSA) is 64.7 Å². The molecule has 0 unspecified atom stereocenters. The minimum absolute atomic E-state index is 0.0315. The molecule has 3 rings (SSSR count). The van der Waals surface area contributed by atoms with Crippen LogP contribution in [0.3, 0.4) is 0 Å². The molecule has 6 nitrogen and oxygen atoms in total. The van der Waals surface area contributed by atoms with Crippen LogP contribution in [-0.2, 0) is 9.59 Å². The number of aryl methyl sites for hydroxylation is 2. The lowest BCUT2D eigenvalue weighted by atomic mass is 10.1. The summed E-state index contributed by atoms with van der Waals surface area (Å²) in [5.74, 6) is -0.580. The van der Waals surface area contributed by atoms with E-state index in [1.54, 1.807) is 12.1 Å². The standard InChI is InChI=1S/C22H27FN4O2/c1-16-6-7-17(2)20(12-16)25-22(29)15-27-10-8-26(9-11-27)14-21(28)24-19-5-3-4-18(23)13-19/h3-7,12-13H,8-11,14-15H2,1-2H3,(H,24,28)(H,25,29). The zero-order valence-corrected chi connectivity index (χ0v) is 16.9. The van der Waals surface area contributed by atoms with Gasteiger partial charge >= 0.3 is 0 Å². The largest absolute Gasteiger partial charge is 0.325 e. The highest BCUT2D eigenvalue weighted by molar-refractivity contribution is 5.93. The van der Waals surface area contributed by atoms with E-state index in [9.17, 15) is 14.0 Å². The van der Waals surface area contributed by atoms with Crippen molar-refractivity contribution in [3.05, 3.63) is 59.4 Å². The minimum atomic E-state index is -0.379. The molecule has 1 aliphatic rings. The Morgan fingerprint density at radius 1 is 0.897 bits per heavy atom. The van der Waals surface area contributed by atoms with Crippen LogP contribution in [0.1, 0.15) is 11.1 Å². The predicted octanol–water partition coefficient (Wildman–Crippen LogP) is 2.64. The molecule has 1 fully saturated rings. The average Bonchev–Trinajstić information content (AvgIpc) is 2.66. The summed E-state index contributed by atoms with van der Waals surface area (Å²) in [7, 11) is 0. The van der Waals surface area contributed by atoms with E-state index < -0.39 is 0 Å². The number of nitrogens with one attached hydrogen (secondary N) is 2. The summed E-state index contributed by atoms with van der Waals surface area (Å²) in [6, 6.07) is 11.9. The summed E-state index contributed by atoms with van der Waals surface area (Å²) in [6.07, 6.45) is 0. The van der Waals surface area contributed by atoms with E-state index in [0.29, 0.717) is 38.4 Å². The second-order valence-corrected chi connectivity index (χ2v) is 7.48. The molecule has 0 bridgehead atoms. The lowest BCUT2D eigenvalue weighted by molar-refractivity contribution is -0.120. The molecular weight excluding hydrogens is 371 g/mol. The number of benzene rings is 2. The molecule has 0 radical (unpaired) electrons. The summed E-state index contributed by atoms with van der Waals surface area (Å²) in [5.41, 5.74) is 3.45. The summed E-state index contributed by atoms with van der Waals surface area (Å²) in [4.78, 5) is 28.7. The molecule has 0 atom stereocenters. The first-order chi connectivity index (χ1) is 13.9. The van der Waals surface area contributed by atoms with Gasteiger partial charge in [0.15, 0.2) is 0 Å². The molecule has 2 aromatic rings. The normalized spacial score (nSPS) is 15.1. The molecule has 0 spiro atoms. The number of halogens is 1. The highest BCUT2D eigenvalue weighted by Gasteiger charge is 2.21. The van der Waals surface area contributed by atoms with Crippen LogP contribution in [0, 0.1) is 19.7 Å². The maximum absolute atomic E-state index is 13.2. The number of anilines is 2. The first kappa shape index (κ1) is 21.0. The van der Waals surface area contributed by atoms with Gasteiger partial charge in [-0.05, 0) is 49.2 Å². The van der Waals surface area contributed by atoms with Crippen LogP contribution >= 0.6 is 0 Å². The minimum Gasteiger partial charge on any atom is -0.325 e. The van der Waals surface area contributed by atoms with Gasteiger partial charge in [-0.1, -0.05) is 18.2 Å². The average molecular weight is 398 g/mol. The number of piperazine rings is 1. The van der Waals surface area contributed by atoms with E-state index in [4.69, 9.17) is 0 Å². The van der Waals surface area contributed by atoms with E-state index in [2.05, 4.69) is 15.5 Å². The van der Waals surface area contributed by atoms with Crippen molar-refractivity contribution in [3.8, 4) is 0 Å². The van der Waals surface area contributed by atoms with Crippen LogP contribution in [0.25, 0.3) is 0 Å². The molecule has 1 saturated heterocycles. The zero-order chi connectivity index (χ0) is 20.8. The molecule has 29 heavy (non-hydrogen) atoms. The van der Waals surface area contributed by atoms with E-state index in [1.807, 2.05) is 36.9 Å². The Hall–Kier alpha value is -2.77. The molecule has 7 heteroatoms. The number of amides is 2. The van der Waals surface area contributed by atoms with Gasteiger partial charge in [0.25, 0.3) is 0 Å². The third-order valence-corrected chi connectivity index (χ3v) is 4.97. The quantitative estimate of drug-likeness (QED) is 0.785. The van der Waals surface area contributed by atoms with Gasteiger partial charge in [0.2, 0.25) is 11.8 Å². The SMILES string of the molecule is Cc1ccc(C)c(NC(=O)CN2CCN(CC(=O)Nc3cccc(F)c3)CC2)c1. The summed E-state index contributed by atoms with van der Waals surface area (Å²) < 4.78 is 13.2. The van der Waals surface area contributed by atoms with Gasteiger partial charge < -0.3 is 10.6 Å². The second kappa shape index (κ2) is 9.62. The summed E-state index contributed by atoms with van der Waals surface area (Å²) >= 11 is 0. The van der Waals surface area contributed by atoms with Gasteiger partial charge in [-0.15, -0.1) is 0 Å². The van der Waals surface area contributed by atoms with Crippen LogP contribution in [0.2, 0.25) is 0 Å². The van der Waals surface area contributed by atoms with Crippen LogP contribution in [0.4, 0.5) is 15.8 Å². The summed E-state index contributed by atoms with van der Waals surface area (Å²) in [6.45, 7) is 7.39. The lowest BCUT2D eigenvalue weighted by Gasteiger charge is -2.33. The number of rotatable bonds is 6. The van der Waals surface area contributed by atoms with Crippen molar-refractivity contribution in [2.75, 3.05) is 49.9 Å². The Kier molecular flexibility index (Phi) is 6.95. The van der Waals surface area contributed by atoms with Gasteiger partial charge in [0, 0.05) is 37.6 Å². The van der Waals surface area contributed by atoms with Gasteiger partial charge in [-0.2, -0.15) is 0 Å². The Balaban J connectivity index is 1.41. The number of hydrogen-bond acceptors (Lipinski definition) is 4. The van der Waals surface area contributed by atoms with Crippen LogP contribution in [0.15, 0.2) is 42.5 Å². The second-order valence-electron chi connectivity index (χ2n) is 7.48. The van der Waals surface area contributed by atoms with Crippen molar-refractivity contribution in [2.24, 2.45) is 0 Å². The van der Waals surface area contributed by atoms with E-state index in [-0.39, 0.29) is 24.2 Å². The fourth-order valence-corrected chi connectivity index (χ4v) is 3.34. The number of hydrogen-bond donors (Lipinski definition) is 2. The van der Waals surface area contributed by atoms with Crippen molar-refractivity contribution in [1.29, 1.82) is 0 Å². The lowest BCUT2D eigenvalue weighted by Crippen LogP contribution is -2.50. The van der Waals surface area contributed by atoms with Crippen molar-refractivity contribution >= 4 is 23.2 Å². The van der Waals surface area contributed by atoms with Crippen molar-refractivity contribution in [1.82, 2.24) is 9.80 Å². The number of carbonyl (C=O) groups is 2. The van der Waals surface area contributed by atoms with Crippen molar-refractivity contribution in [3.63, 3.8) is 0 Å². The molecule has 2 amide bonds. The smallest absolute Gasteiger partial charge is 0.238 e. The molecule has 1 aliphatic heterocycles. The zero-order valence-electron chi connectivity index (χ0n) is 16.9. The first-order valence-electron chi connectivity index (χ1n) is 9.76. The summed E-state index contributed by atoms with van der Waals surface area (Å²) in [5, 5.41) is 5.70. The van der Waals surface area contributed by atoms with Crippen LogP contribution < -0.4 is 10.6 Å². The maximum atomic E-state index is 13.2. The Morgan fingerprint density at radius 2 is 1.52 bits per heavy atom.